The maximum Gasteiger partial charge on any atom is 0.405 e. The summed E-state index contributed by atoms with van der Waals surface area (Å²) in [7, 11) is 0. The Labute approximate surface area is 66.2 Å². The third kappa shape index (κ3) is 3.07. The maximum atomic E-state index is 10.3. The van der Waals surface area contributed by atoms with Crippen LogP contribution in [0.15, 0.2) is 12.2 Å². The molecule has 0 aliphatic heterocycles. The molecule has 0 radical (unpaired) electrons. The minimum absolute atomic E-state index is 0.0880. The molecule has 3 nitrogen and oxygen atoms in total. The van der Waals surface area contributed by atoms with E-state index in [9.17, 15) is 4.79 Å². The average molecular weight is 155 g/mol. The van der Waals surface area contributed by atoms with Crippen molar-refractivity contribution in [2.45, 2.75) is 31.8 Å². The minimum Gasteiger partial charge on any atom is -0.442 e. The lowest BCUT2D eigenvalue weighted by Gasteiger charge is -2.09. The van der Waals surface area contributed by atoms with Crippen LogP contribution in [-0.2, 0) is 4.74 Å². The minimum atomic E-state index is -0.679. The van der Waals surface area contributed by atoms with Crippen molar-refractivity contribution in [3.8, 4) is 0 Å². The van der Waals surface area contributed by atoms with E-state index in [-0.39, 0.29) is 6.10 Å². The molecule has 0 heterocycles. The molecule has 1 rings (SSSR count). The van der Waals surface area contributed by atoms with Crippen LogP contribution in [0.3, 0.4) is 0 Å². The van der Waals surface area contributed by atoms with Crippen LogP contribution in [0.25, 0.3) is 0 Å². The van der Waals surface area contributed by atoms with Crippen LogP contribution >= 0.6 is 0 Å². The molecule has 0 aromatic rings. The highest BCUT2D eigenvalue weighted by Gasteiger charge is 2.09. The highest BCUT2D eigenvalue weighted by Crippen LogP contribution is 2.13. The molecule has 1 atom stereocenters. The predicted molar refractivity (Wildman–Crippen MR) is 42.1 cm³/mol. The van der Waals surface area contributed by atoms with Crippen LogP contribution in [-0.4, -0.2) is 12.2 Å². The maximum absolute atomic E-state index is 10.3. The topological polar surface area (TPSA) is 52.3 Å². The van der Waals surface area contributed by atoms with E-state index in [1.54, 1.807) is 0 Å². The Kier molecular flexibility index (Phi) is 2.95. The van der Waals surface area contributed by atoms with Crippen molar-refractivity contribution in [3.63, 3.8) is 0 Å². The van der Waals surface area contributed by atoms with Crippen LogP contribution in [0, 0.1) is 0 Å². The van der Waals surface area contributed by atoms with E-state index in [2.05, 4.69) is 0 Å². The van der Waals surface area contributed by atoms with Gasteiger partial charge < -0.3 is 10.5 Å². The number of allylic oxidation sites excluding steroid dienone is 1. The molecule has 2 N–H and O–H groups in total. The van der Waals surface area contributed by atoms with E-state index in [1.807, 2.05) is 12.2 Å². The van der Waals surface area contributed by atoms with Gasteiger partial charge in [-0.1, -0.05) is 6.08 Å². The van der Waals surface area contributed by atoms with Gasteiger partial charge in [0.25, 0.3) is 0 Å². The molecule has 1 amide bonds. The lowest BCUT2D eigenvalue weighted by molar-refractivity contribution is 0.124. The summed E-state index contributed by atoms with van der Waals surface area (Å²) in [5, 5.41) is 0. The van der Waals surface area contributed by atoms with Crippen molar-refractivity contribution < 1.29 is 9.53 Å². The largest absolute Gasteiger partial charge is 0.442 e. The van der Waals surface area contributed by atoms with Crippen LogP contribution in [0.2, 0.25) is 0 Å². The van der Waals surface area contributed by atoms with Crippen molar-refractivity contribution in [1.82, 2.24) is 0 Å². The lowest BCUT2D eigenvalue weighted by Crippen LogP contribution is -2.20. The number of ether oxygens (including phenoxy) is 1. The second kappa shape index (κ2) is 4.01. The van der Waals surface area contributed by atoms with Gasteiger partial charge >= 0.3 is 6.09 Å². The number of hydrogen-bond acceptors (Lipinski definition) is 2. The second-order valence-electron chi connectivity index (χ2n) is 2.69. The Morgan fingerprint density at radius 2 is 2.36 bits per heavy atom. The summed E-state index contributed by atoms with van der Waals surface area (Å²) in [6.45, 7) is 0. The molecule has 11 heavy (non-hydrogen) atoms. The molecular formula is C8H13NO2. The van der Waals surface area contributed by atoms with Gasteiger partial charge in [0.1, 0.15) is 6.10 Å². The first-order valence-corrected chi connectivity index (χ1v) is 3.92. The Hall–Kier alpha value is -0.990. The predicted octanol–water partition coefficient (Wildman–Crippen LogP) is 1.58. The zero-order valence-electron chi connectivity index (χ0n) is 6.45. The summed E-state index contributed by atoms with van der Waals surface area (Å²) < 4.78 is 4.82. The molecule has 0 aromatic heterocycles. The summed E-state index contributed by atoms with van der Waals surface area (Å²) in [5.41, 5.74) is 4.88. The van der Waals surface area contributed by atoms with Gasteiger partial charge in [-0.25, -0.2) is 4.79 Å². The number of amides is 1. The van der Waals surface area contributed by atoms with E-state index in [0.29, 0.717) is 0 Å². The monoisotopic (exact) mass is 155 g/mol. The van der Waals surface area contributed by atoms with Crippen molar-refractivity contribution in [1.29, 1.82) is 0 Å². The SMILES string of the molecule is NC(=O)OC1C=CCCCC1. The molecule has 1 unspecified atom stereocenters. The first-order chi connectivity index (χ1) is 5.29. The molecule has 0 bridgehead atoms. The number of nitrogens with two attached hydrogens (primary N) is 1. The average Bonchev–Trinajstić information content (AvgIpc) is 2.14. The number of hydrogen-bond donors (Lipinski definition) is 1. The van der Waals surface area contributed by atoms with Gasteiger partial charge in [-0.3, -0.25) is 0 Å². The quantitative estimate of drug-likeness (QED) is 0.584. The number of primary amides is 1. The van der Waals surface area contributed by atoms with E-state index in [4.69, 9.17) is 10.5 Å². The Balaban J connectivity index is 2.36. The molecule has 0 aromatic carbocycles. The Morgan fingerprint density at radius 3 is 3.09 bits per heavy atom. The van der Waals surface area contributed by atoms with Gasteiger partial charge in [-0.15, -0.1) is 0 Å². The zero-order valence-corrected chi connectivity index (χ0v) is 6.45. The first kappa shape index (κ1) is 8.11. The molecule has 62 valence electrons. The Morgan fingerprint density at radius 1 is 1.55 bits per heavy atom. The smallest absolute Gasteiger partial charge is 0.405 e. The van der Waals surface area contributed by atoms with Crippen molar-refractivity contribution in [2.24, 2.45) is 5.73 Å². The highest BCUT2D eigenvalue weighted by atomic mass is 16.6. The second-order valence-corrected chi connectivity index (χ2v) is 2.69. The summed E-state index contributed by atoms with van der Waals surface area (Å²) >= 11 is 0. The van der Waals surface area contributed by atoms with Crippen LogP contribution in [0.4, 0.5) is 4.79 Å². The summed E-state index contributed by atoms with van der Waals surface area (Å²) in [6.07, 6.45) is 7.45. The fourth-order valence-corrected chi connectivity index (χ4v) is 1.20. The van der Waals surface area contributed by atoms with E-state index < -0.39 is 6.09 Å². The fraction of sp³-hybridized carbons (Fsp3) is 0.625. The number of rotatable bonds is 1. The van der Waals surface area contributed by atoms with Gasteiger partial charge in [0, 0.05) is 0 Å². The van der Waals surface area contributed by atoms with Gasteiger partial charge in [0.05, 0.1) is 0 Å². The normalized spacial score (nSPS) is 24.2. The zero-order chi connectivity index (χ0) is 8.10. The molecule has 0 saturated carbocycles. The first-order valence-electron chi connectivity index (χ1n) is 3.92. The van der Waals surface area contributed by atoms with Crippen LogP contribution < -0.4 is 5.73 Å². The van der Waals surface area contributed by atoms with Crippen molar-refractivity contribution >= 4 is 6.09 Å². The molecule has 0 saturated heterocycles. The molecule has 0 spiro atoms. The Bertz CT molecular complexity index is 165. The van der Waals surface area contributed by atoms with Crippen molar-refractivity contribution in [3.05, 3.63) is 12.2 Å². The van der Waals surface area contributed by atoms with Crippen molar-refractivity contribution in [2.75, 3.05) is 0 Å². The highest BCUT2D eigenvalue weighted by molar-refractivity contribution is 5.65. The van der Waals surface area contributed by atoms with E-state index >= 15 is 0 Å². The lowest BCUT2D eigenvalue weighted by atomic mass is 10.2. The number of carbonyl (C=O) groups excluding carboxylic acids is 1. The molecular weight excluding hydrogens is 142 g/mol. The molecule has 1 aliphatic carbocycles. The van der Waals surface area contributed by atoms with E-state index in [1.165, 1.54) is 6.42 Å². The molecule has 3 heteroatoms. The summed E-state index contributed by atoms with van der Waals surface area (Å²) in [6, 6.07) is 0. The molecule has 0 fully saturated rings. The third-order valence-electron chi connectivity index (χ3n) is 1.73. The van der Waals surface area contributed by atoms with Gasteiger partial charge in [-0.2, -0.15) is 0 Å². The van der Waals surface area contributed by atoms with Gasteiger partial charge in [-0.05, 0) is 31.8 Å². The van der Waals surface area contributed by atoms with Gasteiger partial charge in [0.2, 0.25) is 0 Å². The third-order valence-corrected chi connectivity index (χ3v) is 1.73. The number of carbonyl (C=O) groups is 1. The van der Waals surface area contributed by atoms with Gasteiger partial charge in [0.15, 0.2) is 0 Å². The molecule has 1 aliphatic rings. The summed E-state index contributed by atoms with van der Waals surface area (Å²) in [5.74, 6) is 0. The fourth-order valence-electron chi connectivity index (χ4n) is 1.20. The standard InChI is InChI=1S/C8H13NO2/c9-8(10)11-7-5-3-1-2-4-6-7/h3,5,7H,1-2,4,6H2,(H2,9,10). The van der Waals surface area contributed by atoms with E-state index in [0.717, 1.165) is 19.3 Å². The summed E-state index contributed by atoms with van der Waals surface area (Å²) in [4.78, 5) is 10.3. The van der Waals surface area contributed by atoms with Crippen LogP contribution in [0.5, 0.6) is 0 Å². The van der Waals surface area contributed by atoms with Crippen LogP contribution in [0.1, 0.15) is 25.7 Å².